The number of hydrogen-bond donors (Lipinski definition) is 2. The molecule has 1 heterocycles. The minimum absolute atomic E-state index is 0.0439. The van der Waals surface area contributed by atoms with Crippen LogP contribution in [0.4, 0.5) is 11.4 Å². The monoisotopic (exact) mass is 296 g/mol. The molecular formula is C11H9ClN4O4. The van der Waals surface area contributed by atoms with Crippen molar-refractivity contribution in [1.29, 1.82) is 0 Å². The van der Waals surface area contributed by atoms with Crippen molar-refractivity contribution in [3.63, 3.8) is 0 Å². The lowest BCUT2D eigenvalue weighted by Gasteiger charge is -2.05. The van der Waals surface area contributed by atoms with E-state index in [-0.39, 0.29) is 17.1 Å². The molecule has 1 aromatic heterocycles. The average Bonchev–Trinajstić information content (AvgIpc) is 2.76. The van der Waals surface area contributed by atoms with Gasteiger partial charge in [-0.3, -0.25) is 19.6 Å². The number of aromatic nitrogens is 2. The van der Waals surface area contributed by atoms with Gasteiger partial charge in [0.1, 0.15) is 11.9 Å². The largest absolute Gasteiger partial charge is 0.506 e. The molecule has 0 aliphatic rings. The fraction of sp³-hybridized carbons (Fsp3) is 0.0909. The Labute approximate surface area is 117 Å². The summed E-state index contributed by atoms with van der Waals surface area (Å²) in [7, 11) is 1.46. The van der Waals surface area contributed by atoms with Gasteiger partial charge in [0.05, 0.1) is 10.6 Å². The van der Waals surface area contributed by atoms with Crippen molar-refractivity contribution < 1.29 is 14.8 Å². The molecule has 0 radical (unpaired) electrons. The summed E-state index contributed by atoms with van der Waals surface area (Å²) < 4.78 is 1.16. The van der Waals surface area contributed by atoms with E-state index in [0.29, 0.717) is 5.02 Å². The van der Waals surface area contributed by atoms with E-state index in [0.717, 1.165) is 10.9 Å². The quantitative estimate of drug-likeness (QED) is 0.511. The van der Waals surface area contributed by atoms with Crippen molar-refractivity contribution >= 4 is 28.9 Å². The lowest BCUT2D eigenvalue weighted by atomic mass is 10.2. The number of hydrogen-bond acceptors (Lipinski definition) is 5. The summed E-state index contributed by atoms with van der Waals surface area (Å²) in [5, 5.41) is 26.7. The van der Waals surface area contributed by atoms with E-state index < -0.39 is 16.5 Å². The van der Waals surface area contributed by atoms with E-state index in [4.69, 9.17) is 11.6 Å². The second kappa shape index (κ2) is 5.17. The van der Waals surface area contributed by atoms with Crippen LogP contribution >= 0.6 is 11.6 Å². The number of phenolic OH excluding ortho intramolecular Hbond substituents is 1. The number of nitrogens with zero attached hydrogens (tertiary/aromatic N) is 3. The van der Waals surface area contributed by atoms with E-state index in [1.807, 2.05) is 0 Å². The SMILES string of the molecule is Cn1cc([N+](=O)[O-])c(C(=O)Nc2cc(Cl)ccc2O)n1. The summed E-state index contributed by atoms with van der Waals surface area (Å²) in [6, 6.07) is 4.06. The molecule has 1 amide bonds. The van der Waals surface area contributed by atoms with Crippen LogP contribution in [0.25, 0.3) is 0 Å². The minimum Gasteiger partial charge on any atom is -0.506 e. The summed E-state index contributed by atoms with van der Waals surface area (Å²) in [5.41, 5.74) is -0.731. The molecule has 1 aromatic carbocycles. The van der Waals surface area contributed by atoms with Crippen molar-refractivity contribution in [1.82, 2.24) is 9.78 Å². The van der Waals surface area contributed by atoms with Gasteiger partial charge in [0.15, 0.2) is 0 Å². The van der Waals surface area contributed by atoms with Crippen LogP contribution < -0.4 is 5.32 Å². The van der Waals surface area contributed by atoms with Crippen molar-refractivity contribution in [3.05, 3.63) is 45.2 Å². The molecule has 9 heteroatoms. The number of phenols is 1. The highest BCUT2D eigenvalue weighted by atomic mass is 35.5. The number of rotatable bonds is 3. The highest BCUT2D eigenvalue weighted by molar-refractivity contribution is 6.31. The Morgan fingerprint density at radius 2 is 2.25 bits per heavy atom. The molecule has 2 N–H and O–H groups in total. The standard InChI is InChI=1S/C11H9ClN4O4/c1-15-5-8(16(19)20)10(14-15)11(18)13-7-4-6(12)2-3-9(7)17/h2-5,17H,1H3,(H,13,18). The number of nitrogens with one attached hydrogen (secondary N) is 1. The Morgan fingerprint density at radius 3 is 2.90 bits per heavy atom. The number of amides is 1. The zero-order valence-electron chi connectivity index (χ0n) is 10.2. The first-order valence-corrected chi connectivity index (χ1v) is 5.74. The highest BCUT2D eigenvalue weighted by Crippen LogP contribution is 2.27. The Morgan fingerprint density at radius 1 is 1.55 bits per heavy atom. The number of nitro groups is 1. The third-order valence-corrected chi connectivity index (χ3v) is 2.66. The maximum atomic E-state index is 12.0. The normalized spacial score (nSPS) is 10.3. The molecule has 0 saturated heterocycles. The molecule has 0 saturated carbocycles. The number of carbonyl (C=O) groups excluding carboxylic acids is 1. The van der Waals surface area contributed by atoms with Crippen molar-refractivity contribution in [2.75, 3.05) is 5.32 Å². The Kier molecular flexibility index (Phi) is 3.57. The third-order valence-electron chi connectivity index (χ3n) is 2.43. The Bertz CT molecular complexity index is 698. The number of carbonyl (C=O) groups is 1. The predicted molar refractivity (Wildman–Crippen MR) is 70.9 cm³/mol. The van der Waals surface area contributed by atoms with Gasteiger partial charge >= 0.3 is 5.69 Å². The van der Waals surface area contributed by atoms with E-state index in [9.17, 15) is 20.0 Å². The first-order chi connectivity index (χ1) is 9.38. The molecule has 104 valence electrons. The van der Waals surface area contributed by atoms with Gasteiger partial charge in [0.2, 0.25) is 5.69 Å². The molecule has 0 spiro atoms. The average molecular weight is 297 g/mol. The van der Waals surface area contributed by atoms with Crippen LogP contribution in [0.15, 0.2) is 24.4 Å². The molecule has 2 rings (SSSR count). The van der Waals surface area contributed by atoms with Crippen LogP contribution in [-0.4, -0.2) is 25.7 Å². The topological polar surface area (TPSA) is 110 Å². The lowest BCUT2D eigenvalue weighted by Crippen LogP contribution is -2.14. The van der Waals surface area contributed by atoms with Gasteiger partial charge in [-0.25, -0.2) is 0 Å². The number of halogens is 1. The van der Waals surface area contributed by atoms with Gasteiger partial charge in [0.25, 0.3) is 5.91 Å². The van der Waals surface area contributed by atoms with Gasteiger partial charge in [-0.05, 0) is 18.2 Å². The van der Waals surface area contributed by atoms with E-state index in [1.54, 1.807) is 0 Å². The number of aromatic hydroxyl groups is 1. The third kappa shape index (κ3) is 2.69. The van der Waals surface area contributed by atoms with Gasteiger partial charge in [-0.1, -0.05) is 11.6 Å². The van der Waals surface area contributed by atoms with Crippen LogP contribution in [0.1, 0.15) is 10.5 Å². The summed E-state index contributed by atoms with van der Waals surface area (Å²) >= 11 is 5.74. The van der Waals surface area contributed by atoms with E-state index in [2.05, 4.69) is 10.4 Å². The van der Waals surface area contributed by atoms with Crippen LogP contribution in [0.3, 0.4) is 0 Å². The van der Waals surface area contributed by atoms with Crippen LogP contribution in [0, 0.1) is 10.1 Å². The zero-order chi connectivity index (χ0) is 14.9. The molecule has 0 unspecified atom stereocenters. The van der Waals surface area contributed by atoms with Gasteiger partial charge in [0, 0.05) is 12.1 Å². The lowest BCUT2D eigenvalue weighted by molar-refractivity contribution is -0.385. The number of benzene rings is 1. The molecule has 8 nitrogen and oxygen atoms in total. The molecular weight excluding hydrogens is 288 g/mol. The van der Waals surface area contributed by atoms with Crippen molar-refractivity contribution in [2.45, 2.75) is 0 Å². The maximum absolute atomic E-state index is 12.0. The summed E-state index contributed by atoms with van der Waals surface area (Å²) in [6.07, 6.45) is 1.12. The van der Waals surface area contributed by atoms with E-state index >= 15 is 0 Å². The first-order valence-electron chi connectivity index (χ1n) is 5.36. The second-order valence-electron chi connectivity index (χ2n) is 3.91. The van der Waals surface area contributed by atoms with Crippen LogP contribution in [0.2, 0.25) is 5.02 Å². The summed E-state index contributed by atoms with van der Waals surface area (Å²) in [4.78, 5) is 22.1. The minimum atomic E-state index is -0.810. The van der Waals surface area contributed by atoms with Crippen molar-refractivity contribution in [2.24, 2.45) is 7.05 Å². The maximum Gasteiger partial charge on any atom is 0.320 e. The smallest absolute Gasteiger partial charge is 0.320 e. The number of aryl methyl sites for hydroxylation is 1. The molecule has 0 aliphatic heterocycles. The highest BCUT2D eigenvalue weighted by Gasteiger charge is 2.25. The van der Waals surface area contributed by atoms with E-state index in [1.165, 1.54) is 25.2 Å². The second-order valence-corrected chi connectivity index (χ2v) is 4.35. The number of anilines is 1. The van der Waals surface area contributed by atoms with Gasteiger partial charge in [-0.2, -0.15) is 5.10 Å². The Hall–Kier alpha value is -2.61. The van der Waals surface area contributed by atoms with Crippen LogP contribution in [-0.2, 0) is 7.05 Å². The molecule has 0 bridgehead atoms. The summed E-state index contributed by atoms with van der Waals surface area (Å²) in [6.45, 7) is 0. The predicted octanol–water partition coefficient (Wildman–Crippen LogP) is 1.94. The molecule has 20 heavy (non-hydrogen) atoms. The fourth-order valence-electron chi connectivity index (χ4n) is 1.56. The van der Waals surface area contributed by atoms with Gasteiger partial charge in [-0.15, -0.1) is 0 Å². The van der Waals surface area contributed by atoms with Gasteiger partial charge < -0.3 is 10.4 Å². The molecule has 0 fully saturated rings. The summed E-state index contributed by atoms with van der Waals surface area (Å²) in [5.74, 6) is -1.02. The molecule has 0 atom stereocenters. The van der Waals surface area contributed by atoms with Crippen LogP contribution in [0.5, 0.6) is 5.75 Å². The zero-order valence-corrected chi connectivity index (χ0v) is 11.0. The van der Waals surface area contributed by atoms with Crippen molar-refractivity contribution in [3.8, 4) is 5.75 Å². The fourth-order valence-corrected chi connectivity index (χ4v) is 1.73. The molecule has 0 aliphatic carbocycles. The Balaban J connectivity index is 2.33. The molecule has 2 aromatic rings. The first kappa shape index (κ1) is 13.8.